The van der Waals surface area contributed by atoms with Gasteiger partial charge in [-0.25, -0.2) is 4.57 Å². The molecule has 1 aromatic carbocycles. The number of aromatic nitrogens is 2. The lowest BCUT2D eigenvalue weighted by Gasteiger charge is -2.00. The number of nitrogens with zero attached hydrogens (tertiary/aromatic N) is 3. The first-order chi connectivity index (χ1) is 8.67. The molecule has 0 aliphatic rings. The fourth-order valence-electron chi connectivity index (χ4n) is 1.85. The highest BCUT2D eigenvalue weighted by Gasteiger charge is 2.20. The van der Waals surface area contributed by atoms with Crippen LogP contribution in [0.1, 0.15) is 11.3 Å². The second-order valence-corrected chi connectivity index (χ2v) is 4.82. The number of hydrogen-bond donors (Lipinski definition) is 1. The SMILES string of the molecule is CSc1n(C)c(/C=N/O)c[n+]1-c1ccc(C)cc1. The molecule has 0 radical (unpaired) electrons. The molecule has 0 amide bonds. The van der Waals surface area contributed by atoms with Crippen molar-refractivity contribution in [1.29, 1.82) is 0 Å². The van der Waals surface area contributed by atoms with Gasteiger partial charge in [0.25, 0.3) is 0 Å². The van der Waals surface area contributed by atoms with Gasteiger partial charge in [-0.1, -0.05) is 22.9 Å². The molecule has 0 atom stereocenters. The summed E-state index contributed by atoms with van der Waals surface area (Å²) in [6.45, 7) is 2.07. The number of benzene rings is 1. The summed E-state index contributed by atoms with van der Waals surface area (Å²) in [5.74, 6) is 0. The minimum absolute atomic E-state index is 0.849. The quantitative estimate of drug-likeness (QED) is 0.303. The van der Waals surface area contributed by atoms with Crippen molar-refractivity contribution in [2.24, 2.45) is 12.2 Å². The number of hydrogen-bond acceptors (Lipinski definition) is 3. The minimum Gasteiger partial charge on any atom is -0.411 e. The topological polar surface area (TPSA) is 41.4 Å². The molecule has 0 saturated heterocycles. The monoisotopic (exact) mass is 262 g/mol. The third kappa shape index (κ3) is 2.26. The van der Waals surface area contributed by atoms with Gasteiger partial charge in [-0.15, -0.1) is 0 Å². The third-order valence-electron chi connectivity index (χ3n) is 2.83. The molecule has 0 unspecified atom stereocenters. The molecule has 1 aromatic heterocycles. The lowest BCUT2D eigenvalue weighted by atomic mass is 10.2. The highest BCUT2D eigenvalue weighted by Crippen LogP contribution is 2.14. The Morgan fingerprint density at radius 2 is 2.00 bits per heavy atom. The fourth-order valence-corrected chi connectivity index (χ4v) is 2.58. The fraction of sp³-hybridized carbons (Fsp3) is 0.231. The van der Waals surface area contributed by atoms with Crippen LogP contribution >= 0.6 is 11.8 Å². The molecule has 1 N–H and O–H groups in total. The first-order valence-corrected chi connectivity index (χ1v) is 6.79. The van der Waals surface area contributed by atoms with Crippen LogP contribution in [-0.4, -0.2) is 22.2 Å². The van der Waals surface area contributed by atoms with Gasteiger partial charge in [0.1, 0.15) is 18.1 Å². The van der Waals surface area contributed by atoms with Crippen LogP contribution in [-0.2, 0) is 7.05 Å². The smallest absolute Gasteiger partial charge is 0.323 e. The summed E-state index contributed by atoms with van der Waals surface area (Å²) >= 11 is 1.65. The van der Waals surface area contributed by atoms with E-state index in [1.165, 1.54) is 11.8 Å². The van der Waals surface area contributed by atoms with Gasteiger partial charge in [0.05, 0.1) is 7.05 Å². The van der Waals surface area contributed by atoms with Crippen LogP contribution in [0.25, 0.3) is 5.69 Å². The highest BCUT2D eigenvalue weighted by atomic mass is 32.2. The van der Waals surface area contributed by atoms with Gasteiger partial charge in [0.2, 0.25) is 0 Å². The van der Waals surface area contributed by atoms with E-state index < -0.39 is 0 Å². The van der Waals surface area contributed by atoms with E-state index in [9.17, 15) is 0 Å². The zero-order valence-corrected chi connectivity index (χ0v) is 11.5. The van der Waals surface area contributed by atoms with Gasteiger partial charge in [0.15, 0.2) is 5.69 Å². The van der Waals surface area contributed by atoms with Crippen molar-refractivity contribution < 1.29 is 9.77 Å². The number of aryl methyl sites for hydroxylation is 1. The molecule has 2 aromatic rings. The zero-order chi connectivity index (χ0) is 13.1. The van der Waals surface area contributed by atoms with Gasteiger partial charge in [0, 0.05) is 0 Å². The molecule has 2 rings (SSSR count). The first-order valence-electron chi connectivity index (χ1n) is 5.57. The van der Waals surface area contributed by atoms with E-state index >= 15 is 0 Å². The normalized spacial score (nSPS) is 11.3. The lowest BCUT2D eigenvalue weighted by molar-refractivity contribution is -0.636. The molecule has 0 spiro atoms. The third-order valence-corrected chi connectivity index (χ3v) is 3.66. The maximum atomic E-state index is 8.66. The second-order valence-electron chi connectivity index (χ2n) is 4.05. The van der Waals surface area contributed by atoms with Gasteiger partial charge in [-0.05, 0) is 37.1 Å². The van der Waals surface area contributed by atoms with Gasteiger partial charge in [-0.3, -0.25) is 0 Å². The van der Waals surface area contributed by atoms with E-state index in [2.05, 4.69) is 40.9 Å². The van der Waals surface area contributed by atoms with Crippen LogP contribution in [0.3, 0.4) is 0 Å². The Morgan fingerprint density at radius 3 is 2.56 bits per heavy atom. The largest absolute Gasteiger partial charge is 0.411 e. The molecule has 4 nitrogen and oxygen atoms in total. The molecule has 94 valence electrons. The molecule has 0 fully saturated rings. The Labute approximate surface area is 111 Å². The number of rotatable bonds is 3. The molecule has 1 heterocycles. The Balaban J connectivity index is 2.56. The van der Waals surface area contributed by atoms with Crippen LogP contribution < -0.4 is 4.57 Å². The number of oxime groups is 1. The summed E-state index contributed by atoms with van der Waals surface area (Å²) in [6, 6.07) is 8.32. The summed E-state index contributed by atoms with van der Waals surface area (Å²) < 4.78 is 4.07. The van der Waals surface area contributed by atoms with Crippen molar-refractivity contribution in [3.05, 3.63) is 41.7 Å². The summed E-state index contributed by atoms with van der Waals surface area (Å²) in [5, 5.41) is 12.8. The van der Waals surface area contributed by atoms with E-state index in [1.54, 1.807) is 11.8 Å². The van der Waals surface area contributed by atoms with Gasteiger partial charge in [-0.2, -0.15) is 4.57 Å². The second kappa shape index (κ2) is 5.27. The van der Waals surface area contributed by atoms with E-state index in [1.807, 2.05) is 24.1 Å². The van der Waals surface area contributed by atoms with Crippen molar-refractivity contribution in [3.8, 4) is 5.69 Å². The first kappa shape index (κ1) is 12.7. The van der Waals surface area contributed by atoms with Crippen molar-refractivity contribution in [2.45, 2.75) is 12.1 Å². The van der Waals surface area contributed by atoms with E-state index in [-0.39, 0.29) is 0 Å². The summed E-state index contributed by atoms with van der Waals surface area (Å²) in [7, 11) is 1.95. The Kier molecular flexibility index (Phi) is 3.72. The predicted molar refractivity (Wildman–Crippen MR) is 72.8 cm³/mol. The van der Waals surface area contributed by atoms with Crippen LogP contribution in [0.5, 0.6) is 0 Å². The Bertz CT molecular complexity index is 573. The molecule has 0 aliphatic heterocycles. The Morgan fingerprint density at radius 1 is 1.33 bits per heavy atom. The van der Waals surface area contributed by atoms with Gasteiger partial charge >= 0.3 is 5.16 Å². The van der Waals surface area contributed by atoms with E-state index in [0.717, 1.165) is 16.5 Å². The maximum Gasteiger partial charge on any atom is 0.323 e. The zero-order valence-electron chi connectivity index (χ0n) is 10.7. The van der Waals surface area contributed by atoms with Crippen molar-refractivity contribution in [2.75, 3.05) is 6.26 Å². The highest BCUT2D eigenvalue weighted by molar-refractivity contribution is 7.98. The van der Waals surface area contributed by atoms with Crippen molar-refractivity contribution in [1.82, 2.24) is 4.57 Å². The maximum absolute atomic E-state index is 8.66. The number of thioether (sulfide) groups is 1. The molecule has 0 saturated carbocycles. The van der Waals surface area contributed by atoms with Crippen LogP contribution in [0.15, 0.2) is 40.8 Å². The summed E-state index contributed by atoms with van der Waals surface area (Å²) in [5.41, 5.74) is 3.18. The summed E-state index contributed by atoms with van der Waals surface area (Å²) in [6.07, 6.45) is 5.42. The van der Waals surface area contributed by atoms with Crippen LogP contribution in [0.4, 0.5) is 0 Å². The van der Waals surface area contributed by atoms with Gasteiger partial charge < -0.3 is 5.21 Å². The Hall–Kier alpha value is -1.75. The molecule has 0 bridgehead atoms. The lowest BCUT2D eigenvalue weighted by Crippen LogP contribution is -2.31. The average molecular weight is 262 g/mol. The molecule has 0 aliphatic carbocycles. The van der Waals surface area contributed by atoms with E-state index in [0.29, 0.717) is 0 Å². The molecule has 18 heavy (non-hydrogen) atoms. The van der Waals surface area contributed by atoms with Crippen LogP contribution in [0, 0.1) is 6.92 Å². The molecule has 5 heteroatoms. The summed E-state index contributed by atoms with van der Waals surface area (Å²) in [4.78, 5) is 0. The standard InChI is InChI=1S/C13H15N3OS/c1-10-4-6-11(7-5-10)16-9-12(8-14-17)15(2)13(16)18-3/h4-9H,1-3H3/p+1/b14-8+. The average Bonchev–Trinajstić information content (AvgIpc) is 2.68. The molecular weight excluding hydrogens is 246 g/mol. The van der Waals surface area contributed by atoms with Crippen LogP contribution in [0.2, 0.25) is 0 Å². The van der Waals surface area contributed by atoms with Crippen molar-refractivity contribution in [3.63, 3.8) is 0 Å². The number of imidazole rings is 1. The van der Waals surface area contributed by atoms with E-state index in [4.69, 9.17) is 5.21 Å². The predicted octanol–water partition coefficient (Wildman–Crippen LogP) is 2.14. The van der Waals surface area contributed by atoms with Crippen molar-refractivity contribution >= 4 is 18.0 Å². The minimum atomic E-state index is 0.849. The molecular formula is C13H16N3OS+.